The second kappa shape index (κ2) is 7.61. The predicted octanol–water partition coefficient (Wildman–Crippen LogP) is 7.58. The van der Waals surface area contributed by atoms with Crippen LogP contribution in [-0.4, -0.2) is 0 Å². The van der Waals surface area contributed by atoms with Gasteiger partial charge in [-0.3, -0.25) is 0 Å². The van der Waals surface area contributed by atoms with E-state index in [1.807, 2.05) is 25.1 Å². The smallest absolute Gasteiger partial charge is 0.171 e. The lowest BCUT2D eigenvalue weighted by Gasteiger charge is -2.11. The van der Waals surface area contributed by atoms with Crippen LogP contribution in [0.25, 0.3) is 21.9 Å². The van der Waals surface area contributed by atoms with Gasteiger partial charge >= 0.3 is 0 Å². The van der Waals surface area contributed by atoms with Gasteiger partial charge in [0.2, 0.25) is 0 Å². The lowest BCUT2D eigenvalue weighted by Crippen LogP contribution is -2.03. The van der Waals surface area contributed by atoms with Crippen LogP contribution in [0.4, 0.5) is 8.78 Å². The Morgan fingerprint density at radius 2 is 1.48 bits per heavy atom. The topological polar surface area (TPSA) is 13.1 Å². The van der Waals surface area contributed by atoms with E-state index in [4.69, 9.17) is 4.42 Å². The third kappa shape index (κ3) is 3.37. The largest absolute Gasteiger partial charge is 0.450 e. The standard InChI is InChI=1S/C24H28F2O/c1-3-5-15-7-8-16(13-15)14-18-10-12-20-19-11-9-17(6-4-2)21(25)23(19)27-24(20)22(18)26/h9-12,15-16H,3-8,13-14H2,1-2H3. The molecule has 1 heterocycles. The van der Waals surface area contributed by atoms with Crippen LogP contribution in [0.1, 0.15) is 63.5 Å². The Kier molecular flexibility index (Phi) is 5.21. The first-order valence-electron chi connectivity index (χ1n) is 10.4. The van der Waals surface area contributed by atoms with Crippen molar-refractivity contribution in [2.45, 2.75) is 65.2 Å². The van der Waals surface area contributed by atoms with Crippen LogP contribution in [-0.2, 0) is 12.8 Å². The van der Waals surface area contributed by atoms with Crippen molar-refractivity contribution in [1.29, 1.82) is 0 Å². The van der Waals surface area contributed by atoms with Crippen LogP contribution >= 0.6 is 0 Å². The Bertz CT molecular complexity index is 956. The highest BCUT2D eigenvalue weighted by molar-refractivity contribution is 6.05. The highest BCUT2D eigenvalue weighted by atomic mass is 19.1. The van der Waals surface area contributed by atoms with E-state index in [1.54, 1.807) is 6.07 Å². The number of aryl methyl sites for hydroxylation is 1. The van der Waals surface area contributed by atoms with E-state index in [0.29, 0.717) is 34.2 Å². The number of benzene rings is 2. The molecule has 144 valence electrons. The molecule has 2 atom stereocenters. The molecule has 0 spiro atoms. The summed E-state index contributed by atoms with van der Waals surface area (Å²) in [6.07, 6.45) is 8.41. The monoisotopic (exact) mass is 370 g/mol. The van der Waals surface area contributed by atoms with Crippen molar-refractivity contribution in [2.24, 2.45) is 11.8 Å². The van der Waals surface area contributed by atoms with Gasteiger partial charge in [0.25, 0.3) is 0 Å². The molecule has 4 rings (SSSR count). The number of hydrogen-bond acceptors (Lipinski definition) is 1. The minimum atomic E-state index is -0.343. The molecule has 1 saturated carbocycles. The number of furan rings is 1. The van der Waals surface area contributed by atoms with Crippen molar-refractivity contribution in [3.63, 3.8) is 0 Å². The molecule has 3 aromatic rings. The van der Waals surface area contributed by atoms with Crippen LogP contribution < -0.4 is 0 Å². The van der Waals surface area contributed by atoms with Gasteiger partial charge in [-0.2, -0.15) is 0 Å². The summed E-state index contributed by atoms with van der Waals surface area (Å²) in [5, 5.41) is 1.33. The van der Waals surface area contributed by atoms with Crippen LogP contribution in [0.3, 0.4) is 0 Å². The fourth-order valence-electron chi connectivity index (χ4n) is 4.88. The lowest BCUT2D eigenvalue weighted by molar-refractivity contribution is 0.453. The number of halogens is 2. The van der Waals surface area contributed by atoms with Gasteiger partial charge < -0.3 is 4.42 Å². The van der Waals surface area contributed by atoms with Gasteiger partial charge in [0.15, 0.2) is 22.8 Å². The molecule has 1 aliphatic rings. The molecule has 2 aromatic carbocycles. The molecule has 0 amide bonds. The van der Waals surface area contributed by atoms with Crippen LogP contribution in [0.5, 0.6) is 0 Å². The maximum Gasteiger partial charge on any atom is 0.171 e. The van der Waals surface area contributed by atoms with Crippen molar-refractivity contribution >= 4 is 21.9 Å². The summed E-state index contributed by atoms with van der Waals surface area (Å²) >= 11 is 0. The molecule has 1 aromatic heterocycles. The molecule has 0 saturated heterocycles. The zero-order chi connectivity index (χ0) is 19.0. The summed E-state index contributed by atoms with van der Waals surface area (Å²) in [5.41, 5.74) is 1.74. The average Bonchev–Trinajstić information content (AvgIpc) is 3.25. The molecule has 1 nitrogen and oxygen atoms in total. The molecule has 1 fully saturated rings. The second-order valence-electron chi connectivity index (χ2n) is 8.22. The second-order valence-corrected chi connectivity index (χ2v) is 8.22. The zero-order valence-electron chi connectivity index (χ0n) is 16.3. The number of rotatable bonds is 6. The summed E-state index contributed by atoms with van der Waals surface area (Å²) in [6.45, 7) is 4.25. The van der Waals surface area contributed by atoms with Gasteiger partial charge in [-0.05, 0) is 60.8 Å². The van der Waals surface area contributed by atoms with E-state index in [9.17, 15) is 4.39 Å². The highest BCUT2D eigenvalue weighted by Crippen LogP contribution is 2.38. The minimum Gasteiger partial charge on any atom is -0.450 e. The normalized spacial score (nSPS) is 20.1. The predicted molar refractivity (Wildman–Crippen MR) is 107 cm³/mol. The lowest BCUT2D eigenvalue weighted by atomic mass is 9.94. The van der Waals surface area contributed by atoms with Gasteiger partial charge in [0.1, 0.15) is 0 Å². The number of fused-ring (bicyclic) bond motifs is 3. The third-order valence-electron chi connectivity index (χ3n) is 6.22. The van der Waals surface area contributed by atoms with Crippen LogP contribution in [0.15, 0.2) is 28.7 Å². The quantitative estimate of drug-likeness (QED) is 0.436. The molecular weight excluding hydrogens is 342 g/mol. The maximum atomic E-state index is 15.2. The first-order valence-corrected chi connectivity index (χ1v) is 10.4. The van der Waals surface area contributed by atoms with E-state index < -0.39 is 0 Å². The summed E-state index contributed by atoms with van der Waals surface area (Å²) in [6, 6.07) is 7.43. The van der Waals surface area contributed by atoms with Crippen molar-refractivity contribution < 1.29 is 13.2 Å². The van der Waals surface area contributed by atoms with E-state index >= 15 is 4.39 Å². The Morgan fingerprint density at radius 3 is 2.15 bits per heavy atom. The van der Waals surface area contributed by atoms with E-state index in [2.05, 4.69) is 6.92 Å². The van der Waals surface area contributed by atoms with Crippen LogP contribution in [0, 0.1) is 23.5 Å². The SMILES string of the molecule is CCCc1ccc2c(oc3c(F)c(CC4CCC(CCC)C4)ccc32)c1F. The van der Waals surface area contributed by atoms with Gasteiger partial charge in [0.05, 0.1) is 0 Å². The van der Waals surface area contributed by atoms with Crippen molar-refractivity contribution in [3.8, 4) is 0 Å². The van der Waals surface area contributed by atoms with Crippen LogP contribution in [0.2, 0.25) is 0 Å². The van der Waals surface area contributed by atoms with E-state index in [-0.39, 0.29) is 22.8 Å². The van der Waals surface area contributed by atoms with Gasteiger partial charge in [0, 0.05) is 10.8 Å². The highest BCUT2D eigenvalue weighted by Gasteiger charge is 2.26. The van der Waals surface area contributed by atoms with Crippen molar-refractivity contribution in [3.05, 3.63) is 47.0 Å². The molecule has 0 bridgehead atoms. The first-order chi connectivity index (χ1) is 13.1. The summed E-state index contributed by atoms with van der Waals surface area (Å²) in [5.74, 6) is 0.693. The molecule has 27 heavy (non-hydrogen) atoms. The molecule has 0 aliphatic heterocycles. The summed E-state index contributed by atoms with van der Waals surface area (Å²) in [4.78, 5) is 0. The van der Waals surface area contributed by atoms with Gasteiger partial charge in [-0.1, -0.05) is 51.7 Å². The Hall–Kier alpha value is -1.90. The Morgan fingerprint density at radius 1 is 0.852 bits per heavy atom. The molecule has 3 heteroatoms. The Balaban J connectivity index is 1.67. The molecule has 0 radical (unpaired) electrons. The number of hydrogen-bond donors (Lipinski definition) is 0. The third-order valence-corrected chi connectivity index (χ3v) is 6.22. The first kappa shape index (κ1) is 18.5. The average molecular weight is 370 g/mol. The van der Waals surface area contributed by atoms with Crippen molar-refractivity contribution in [2.75, 3.05) is 0 Å². The van der Waals surface area contributed by atoms with E-state index in [1.165, 1.54) is 32.1 Å². The fraction of sp³-hybridized carbons (Fsp3) is 0.500. The molecule has 1 aliphatic carbocycles. The molecular formula is C24H28F2O. The van der Waals surface area contributed by atoms with Gasteiger partial charge in [-0.15, -0.1) is 0 Å². The van der Waals surface area contributed by atoms with E-state index in [0.717, 1.165) is 18.8 Å². The fourth-order valence-corrected chi connectivity index (χ4v) is 4.88. The van der Waals surface area contributed by atoms with Gasteiger partial charge in [-0.25, -0.2) is 8.78 Å². The minimum absolute atomic E-state index is 0.191. The van der Waals surface area contributed by atoms with Crippen molar-refractivity contribution in [1.82, 2.24) is 0 Å². The summed E-state index contributed by atoms with van der Waals surface area (Å²) in [7, 11) is 0. The maximum absolute atomic E-state index is 15.2. The molecule has 0 N–H and O–H groups in total. The molecule has 2 unspecified atom stereocenters. The zero-order valence-corrected chi connectivity index (χ0v) is 16.3. The summed E-state index contributed by atoms with van der Waals surface area (Å²) < 4.78 is 35.6. The Labute approximate surface area is 159 Å².